The van der Waals surface area contributed by atoms with E-state index >= 15 is 0 Å². The Morgan fingerprint density at radius 2 is 1.68 bits per heavy atom. The zero-order chi connectivity index (χ0) is 27.1. The molecule has 0 fully saturated rings. The third kappa shape index (κ3) is 5.88. The number of methoxy groups -OCH3 is 3. The van der Waals surface area contributed by atoms with Crippen LogP contribution in [-0.2, 0) is 4.79 Å². The van der Waals surface area contributed by atoms with Gasteiger partial charge in [0, 0.05) is 28.7 Å². The molecule has 9 heteroatoms. The summed E-state index contributed by atoms with van der Waals surface area (Å²) in [5.74, 6) is 1.23. The quantitative estimate of drug-likeness (QED) is 0.275. The van der Waals surface area contributed by atoms with Gasteiger partial charge in [0.1, 0.15) is 11.1 Å². The van der Waals surface area contributed by atoms with Gasteiger partial charge in [0.25, 0.3) is 0 Å². The van der Waals surface area contributed by atoms with Gasteiger partial charge in [-0.1, -0.05) is 42.1 Å². The van der Waals surface area contributed by atoms with E-state index in [1.165, 1.54) is 18.9 Å². The number of benzene rings is 2. The number of nitriles is 1. The van der Waals surface area contributed by atoms with Crippen LogP contribution in [-0.4, -0.2) is 43.0 Å². The lowest BCUT2D eigenvalue weighted by atomic mass is 9.98. The average molecular weight is 527 g/mol. The van der Waals surface area contributed by atoms with E-state index in [1.54, 1.807) is 44.7 Å². The topological polar surface area (TPSA) is 106 Å². The molecular weight excluding hydrogens is 500 g/mol. The molecule has 8 nitrogen and oxygen atoms in total. The second-order valence-electron chi connectivity index (χ2n) is 8.15. The minimum Gasteiger partial charge on any atom is -0.493 e. The van der Waals surface area contributed by atoms with Crippen molar-refractivity contribution in [1.29, 1.82) is 5.26 Å². The normalized spacial score (nSPS) is 10.4. The number of amides is 1. The van der Waals surface area contributed by atoms with E-state index in [4.69, 9.17) is 19.2 Å². The van der Waals surface area contributed by atoms with Crippen molar-refractivity contribution in [2.75, 3.05) is 32.4 Å². The number of hydrogen-bond donors (Lipinski definition) is 1. The number of aromatic nitrogens is 2. The van der Waals surface area contributed by atoms with E-state index in [1.807, 2.05) is 43.3 Å². The molecule has 0 bridgehead atoms. The van der Waals surface area contributed by atoms with Crippen molar-refractivity contribution in [3.8, 4) is 45.7 Å². The summed E-state index contributed by atoms with van der Waals surface area (Å²) in [6.45, 7) is 1.85. The summed E-state index contributed by atoms with van der Waals surface area (Å²) < 4.78 is 16.5. The average Bonchev–Trinajstić information content (AvgIpc) is 2.95. The largest absolute Gasteiger partial charge is 0.493 e. The van der Waals surface area contributed by atoms with Gasteiger partial charge in [0.2, 0.25) is 11.7 Å². The SMILES string of the molecule is COc1cc(-c2cc(-c3ccccc3)nc(SCC(=O)Nc3ccnc(C)c3)c2C#N)cc(OC)c1OC. The van der Waals surface area contributed by atoms with Crippen LogP contribution in [0.25, 0.3) is 22.4 Å². The van der Waals surface area contributed by atoms with E-state index in [2.05, 4.69) is 16.4 Å². The molecule has 0 unspecified atom stereocenters. The molecule has 4 aromatic rings. The Bertz CT molecular complexity index is 1480. The number of nitrogens with one attached hydrogen (secondary N) is 1. The van der Waals surface area contributed by atoms with E-state index in [0.29, 0.717) is 50.3 Å². The smallest absolute Gasteiger partial charge is 0.234 e. The number of nitrogens with zero attached hydrogens (tertiary/aromatic N) is 3. The molecule has 4 rings (SSSR count). The van der Waals surface area contributed by atoms with Gasteiger partial charge in [-0.2, -0.15) is 5.26 Å². The number of rotatable bonds is 9. The summed E-state index contributed by atoms with van der Waals surface area (Å²) in [5, 5.41) is 13.5. The molecule has 0 radical (unpaired) electrons. The van der Waals surface area contributed by atoms with Crippen LogP contribution in [0.3, 0.4) is 0 Å². The van der Waals surface area contributed by atoms with E-state index in [0.717, 1.165) is 11.3 Å². The number of ether oxygens (including phenoxy) is 3. The Balaban J connectivity index is 1.78. The lowest BCUT2D eigenvalue weighted by Gasteiger charge is -2.16. The van der Waals surface area contributed by atoms with Crippen LogP contribution in [0.1, 0.15) is 11.3 Å². The van der Waals surface area contributed by atoms with Gasteiger partial charge in [-0.25, -0.2) is 4.98 Å². The first-order chi connectivity index (χ1) is 18.5. The van der Waals surface area contributed by atoms with Crippen molar-refractivity contribution in [3.05, 3.63) is 78.1 Å². The Morgan fingerprint density at radius 1 is 0.974 bits per heavy atom. The van der Waals surface area contributed by atoms with Crippen molar-refractivity contribution >= 4 is 23.4 Å². The third-order valence-electron chi connectivity index (χ3n) is 5.66. The van der Waals surface area contributed by atoms with Gasteiger partial charge in [0.15, 0.2) is 11.5 Å². The van der Waals surface area contributed by atoms with E-state index in [9.17, 15) is 10.1 Å². The van der Waals surface area contributed by atoms with Crippen molar-refractivity contribution in [1.82, 2.24) is 9.97 Å². The summed E-state index contributed by atoms with van der Waals surface area (Å²) in [5.41, 5.74) is 4.67. The van der Waals surface area contributed by atoms with Gasteiger partial charge in [-0.15, -0.1) is 0 Å². The summed E-state index contributed by atoms with van der Waals surface area (Å²) >= 11 is 1.20. The van der Waals surface area contributed by atoms with Crippen molar-refractivity contribution in [2.45, 2.75) is 11.9 Å². The highest BCUT2D eigenvalue weighted by molar-refractivity contribution is 8.00. The molecule has 0 aliphatic heterocycles. The third-order valence-corrected chi connectivity index (χ3v) is 6.64. The highest BCUT2D eigenvalue weighted by Gasteiger charge is 2.21. The molecule has 0 aliphatic rings. The molecule has 2 aromatic heterocycles. The molecule has 2 heterocycles. The lowest BCUT2D eigenvalue weighted by Crippen LogP contribution is -2.14. The Hall–Kier alpha value is -4.55. The highest BCUT2D eigenvalue weighted by Crippen LogP contribution is 2.43. The lowest BCUT2D eigenvalue weighted by molar-refractivity contribution is -0.113. The molecule has 0 spiro atoms. The first-order valence-electron chi connectivity index (χ1n) is 11.6. The Morgan fingerprint density at radius 3 is 2.29 bits per heavy atom. The molecule has 2 aromatic carbocycles. The number of carbonyl (C=O) groups excluding carboxylic acids is 1. The molecular formula is C29H26N4O4S. The van der Waals surface area contributed by atoms with Gasteiger partial charge in [-0.05, 0) is 42.8 Å². The zero-order valence-electron chi connectivity index (χ0n) is 21.4. The fourth-order valence-corrected chi connectivity index (χ4v) is 4.71. The maximum absolute atomic E-state index is 12.7. The van der Waals surface area contributed by atoms with E-state index in [-0.39, 0.29) is 11.7 Å². The predicted molar refractivity (Wildman–Crippen MR) is 148 cm³/mol. The highest BCUT2D eigenvalue weighted by atomic mass is 32.2. The number of hydrogen-bond acceptors (Lipinski definition) is 8. The zero-order valence-corrected chi connectivity index (χ0v) is 22.3. The van der Waals surface area contributed by atoms with Crippen LogP contribution in [0.4, 0.5) is 5.69 Å². The molecule has 192 valence electrons. The summed E-state index contributed by atoms with van der Waals surface area (Å²) in [7, 11) is 4.62. The number of carbonyl (C=O) groups is 1. The van der Waals surface area contributed by atoms with Gasteiger partial charge >= 0.3 is 0 Å². The van der Waals surface area contributed by atoms with Crippen LogP contribution in [0.2, 0.25) is 0 Å². The Kier molecular flexibility index (Phi) is 8.46. The predicted octanol–water partition coefficient (Wildman–Crippen LogP) is 5.75. The van der Waals surface area contributed by atoms with Crippen LogP contribution < -0.4 is 19.5 Å². The molecule has 1 amide bonds. The molecule has 1 N–H and O–H groups in total. The first kappa shape index (κ1) is 26.5. The van der Waals surface area contributed by atoms with Gasteiger partial charge < -0.3 is 19.5 Å². The fourth-order valence-electron chi connectivity index (χ4n) is 3.91. The monoisotopic (exact) mass is 526 g/mol. The van der Waals surface area contributed by atoms with Crippen LogP contribution in [0.15, 0.2) is 71.9 Å². The van der Waals surface area contributed by atoms with Gasteiger partial charge in [-0.3, -0.25) is 9.78 Å². The maximum Gasteiger partial charge on any atom is 0.234 e. The van der Waals surface area contributed by atoms with E-state index < -0.39 is 0 Å². The Labute approximate surface area is 225 Å². The van der Waals surface area contributed by atoms with Crippen molar-refractivity contribution in [3.63, 3.8) is 0 Å². The standard InChI is InChI=1S/C29H26N4O4S/c1-18-12-21(10-11-31-18)32-27(34)17-38-29-23(16-30)22(15-24(33-29)19-8-6-5-7-9-19)20-13-25(35-2)28(37-4)26(14-20)36-3/h5-15H,17H2,1-4H3,(H,31,32,34). The summed E-state index contributed by atoms with van der Waals surface area (Å²) in [4.78, 5) is 21.7. The summed E-state index contributed by atoms with van der Waals surface area (Å²) in [6.07, 6.45) is 1.64. The minimum absolute atomic E-state index is 0.0655. The second kappa shape index (κ2) is 12.1. The number of aryl methyl sites for hydroxylation is 1. The van der Waals surface area contributed by atoms with Crippen LogP contribution in [0.5, 0.6) is 17.2 Å². The minimum atomic E-state index is -0.217. The second-order valence-corrected chi connectivity index (χ2v) is 9.11. The first-order valence-corrected chi connectivity index (χ1v) is 12.6. The molecule has 0 saturated heterocycles. The van der Waals surface area contributed by atoms with Crippen LogP contribution >= 0.6 is 11.8 Å². The molecule has 0 saturated carbocycles. The molecule has 38 heavy (non-hydrogen) atoms. The maximum atomic E-state index is 12.7. The number of pyridine rings is 2. The van der Waals surface area contributed by atoms with Crippen molar-refractivity contribution in [2.24, 2.45) is 0 Å². The fraction of sp³-hybridized carbons (Fsp3) is 0.172. The number of anilines is 1. The molecule has 0 atom stereocenters. The van der Waals surface area contributed by atoms with Crippen molar-refractivity contribution < 1.29 is 19.0 Å². The van der Waals surface area contributed by atoms with Gasteiger partial charge in [0.05, 0.1) is 38.3 Å². The summed E-state index contributed by atoms with van der Waals surface area (Å²) in [6, 6.07) is 20.9. The van der Waals surface area contributed by atoms with Crippen LogP contribution in [0, 0.1) is 18.3 Å². The number of thioether (sulfide) groups is 1. The molecule has 0 aliphatic carbocycles.